The van der Waals surface area contributed by atoms with Crippen LogP contribution in [0.1, 0.15) is 6.92 Å². The molecule has 0 N–H and O–H groups in total. The van der Waals surface area contributed by atoms with Gasteiger partial charge in [-0.25, -0.2) is 0 Å². The van der Waals surface area contributed by atoms with Gasteiger partial charge in [0.2, 0.25) is 16.6 Å². The molecule has 1 heterocycles. The Morgan fingerprint density at radius 3 is 2.26 bits per heavy atom. The highest BCUT2D eigenvalue weighted by atomic mass is 32.2. The number of benzene rings is 2. The Kier molecular flexibility index (Phi) is 8.43. The van der Waals surface area contributed by atoms with Crippen LogP contribution in [0.4, 0.5) is 0 Å². The number of esters is 1. The van der Waals surface area contributed by atoms with Gasteiger partial charge in [-0.05, 0) is 37.3 Å². The Hall–Kier alpha value is -3.92. The highest BCUT2D eigenvalue weighted by Crippen LogP contribution is 2.43. The smallest absolute Gasteiger partial charge is 0.321 e. The molecule has 0 fully saturated rings. The standard InChI is InChI=1S/C25H24O9S/c1-6-7-22(28)35-13-21(27)33-19-10-14(8-9-17(19)29-2)18-12-16(26)15-11-20(30-3)24(31-4)25(32-5)23(15)34-18/h6-12H,13H2,1-5H3/b7-6+. The summed E-state index contributed by atoms with van der Waals surface area (Å²) in [7, 11) is 5.75. The number of allylic oxidation sites excluding steroid dienone is 1. The second-order valence-corrected chi connectivity index (χ2v) is 7.92. The van der Waals surface area contributed by atoms with Crippen LogP contribution in [-0.2, 0) is 9.59 Å². The van der Waals surface area contributed by atoms with Crippen LogP contribution < -0.4 is 29.1 Å². The van der Waals surface area contributed by atoms with Crippen molar-refractivity contribution >= 4 is 33.8 Å². The lowest BCUT2D eigenvalue weighted by molar-refractivity contribution is -0.131. The fourth-order valence-electron chi connectivity index (χ4n) is 3.27. The molecule has 0 saturated heterocycles. The van der Waals surface area contributed by atoms with Gasteiger partial charge in [0.25, 0.3) is 0 Å². The number of hydrogen-bond donors (Lipinski definition) is 0. The number of fused-ring (bicyclic) bond motifs is 1. The van der Waals surface area contributed by atoms with E-state index in [1.807, 2.05) is 0 Å². The fourth-order valence-corrected chi connectivity index (χ4v) is 3.82. The minimum atomic E-state index is -0.637. The largest absolute Gasteiger partial charge is 0.493 e. The maximum Gasteiger partial charge on any atom is 0.321 e. The molecule has 0 aliphatic heterocycles. The van der Waals surface area contributed by atoms with E-state index >= 15 is 0 Å². The normalized spacial score (nSPS) is 10.9. The van der Waals surface area contributed by atoms with Gasteiger partial charge in [0.05, 0.1) is 39.6 Å². The number of carbonyl (C=O) groups excluding carboxylic acids is 2. The second kappa shape index (κ2) is 11.5. The van der Waals surface area contributed by atoms with E-state index in [1.54, 1.807) is 25.1 Å². The first kappa shape index (κ1) is 25.7. The van der Waals surface area contributed by atoms with Crippen LogP contribution in [0.3, 0.4) is 0 Å². The van der Waals surface area contributed by atoms with Crippen molar-refractivity contribution in [2.45, 2.75) is 6.92 Å². The summed E-state index contributed by atoms with van der Waals surface area (Å²) in [5.74, 6) is 0.574. The van der Waals surface area contributed by atoms with E-state index < -0.39 is 5.97 Å². The summed E-state index contributed by atoms with van der Waals surface area (Å²) in [5.41, 5.74) is 0.275. The number of methoxy groups -OCH3 is 4. The van der Waals surface area contributed by atoms with Crippen LogP contribution in [0.2, 0.25) is 0 Å². The van der Waals surface area contributed by atoms with Gasteiger partial charge in [-0.3, -0.25) is 14.4 Å². The molecule has 9 nitrogen and oxygen atoms in total. The third kappa shape index (κ3) is 5.60. The van der Waals surface area contributed by atoms with Crippen LogP contribution in [0.15, 0.2) is 51.7 Å². The maximum atomic E-state index is 12.9. The van der Waals surface area contributed by atoms with Crippen molar-refractivity contribution in [1.82, 2.24) is 0 Å². The van der Waals surface area contributed by atoms with Crippen LogP contribution in [0, 0.1) is 0 Å². The summed E-state index contributed by atoms with van der Waals surface area (Å²) in [4.78, 5) is 36.8. The minimum Gasteiger partial charge on any atom is -0.493 e. The van der Waals surface area contributed by atoms with Crippen molar-refractivity contribution in [3.63, 3.8) is 0 Å². The van der Waals surface area contributed by atoms with Gasteiger partial charge in [-0.1, -0.05) is 17.8 Å². The number of rotatable bonds is 9. The third-order valence-corrected chi connectivity index (χ3v) is 5.63. The Morgan fingerprint density at radius 2 is 1.63 bits per heavy atom. The van der Waals surface area contributed by atoms with Gasteiger partial charge in [-0.15, -0.1) is 0 Å². The molecular weight excluding hydrogens is 476 g/mol. The Labute approximate surface area is 205 Å². The van der Waals surface area contributed by atoms with Crippen LogP contribution in [-0.4, -0.2) is 45.3 Å². The lowest BCUT2D eigenvalue weighted by Gasteiger charge is -2.15. The van der Waals surface area contributed by atoms with Gasteiger partial charge >= 0.3 is 5.97 Å². The fraction of sp³-hybridized carbons (Fsp3) is 0.240. The van der Waals surface area contributed by atoms with Crippen molar-refractivity contribution in [1.29, 1.82) is 0 Å². The first-order valence-electron chi connectivity index (χ1n) is 10.3. The van der Waals surface area contributed by atoms with Gasteiger partial charge in [-0.2, -0.15) is 0 Å². The molecular formula is C25H24O9S. The summed E-state index contributed by atoms with van der Waals surface area (Å²) < 4.78 is 32.9. The summed E-state index contributed by atoms with van der Waals surface area (Å²) in [6.07, 6.45) is 2.95. The number of ether oxygens (including phenoxy) is 5. The van der Waals surface area contributed by atoms with E-state index in [4.69, 9.17) is 28.1 Å². The van der Waals surface area contributed by atoms with Crippen molar-refractivity contribution in [3.05, 3.63) is 52.7 Å². The average molecular weight is 501 g/mol. The highest BCUT2D eigenvalue weighted by molar-refractivity contribution is 8.14. The Bertz CT molecular complexity index is 1340. The van der Waals surface area contributed by atoms with Crippen molar-refractivity contribution in [3.8, 4) is 40.1 Å². The number of thioether (sulfide) groups is 1. The molecule has 0 atom stereocenters. The predicted octanol–water partition coefficient (Wildman–Crippen LogP) is 4.24. The third-order valence-electron chi connectivity index (χ3n) is 4.83. The van der Waals surface area contributed by atoms with Crippen molar-refractivity contribution < 1.29 is 37.7 Å². The van der Waals surface area contributed by atoms with Crippen molar-refractivity contribution in [2.75, 3.05) is 34.2 Å². The molecule has 0 unspecified atom stereocenters. The van der Waals surface area contributed by atoms with E-state index in [9.17, 15) is 14.4 Å². The molecule has 184 valence electrons. The Balaban J connectivity index is 2.04. The van der Waals surface area contributed by atoms with Gasteiger partial charge in [0.1, 0.15) is 5.76 Å². The average Bonchev–Trinajstić information content (AvgIpc) is 2.86. The van der Waals surface area contributed by atoms with Crippen LogP contribution in [0.5, 0.6) is 28.7 Å². The zero-order chi connectivity index (χ0) is 25.5. The molecule has 0 bridgehead atoms. The van der Waals surface area contributed by atoms with Gasteiger partial charge in [0, 0.05) is 11.6 Å². The molecule has 2 aromatic carbocycles. The Morgan fingerprint density at radius 1 is 0.914 bits per heavy atom. The second-order valence-electron chi connectivity index (χ2n) is 6.94. The van der Waals surface area contributed by atoms with E-state index in [0.717, 1.165) is 11.8 Å². The van der Waals surface area contributed by atoms with Crippen LogP contribution >= 0.6 is 11.8 Å². The number of carbonyl (C=O) groups is 2. The SMILES string of the molecule is C/C=C/C(=O)SCC(=O)Oc1cc(-c2cc(=O)c3cc(OC)c(OC)c(OC)c3o2)ccc1OC. The lowest BCUT2D eigenvalue weighted by atomic mass is 10.1. The van der Waals surface area contributed by atoms with E-state index in [2.05, 4.69) is 0 Å². The maximum absolute atomic E-state index is 12.9. The summed E-state index contributed by atoms with van der Waals surface area (Å²) in [6, 6.07) is 7.56. The quantitative estimate of drug-likeness (QED) is 0.240. The molecule has 3 aromatic rings. The molecule has 0 aliphatic rings. The summed E-state index contributed by atoms with van der Waals surface area (Å²) in [5, 5.41) is -0.0182. The molecule has 1 aromatic heterocycles. The molecule has 3 rings (SSSR count). The minimum absolute atomic E-state index is 0.108. The topological polar surface area (TPSA) is 111 Å². The monoisotopic (exact) mass is 500 g/mol. The lowest BCUT2D eigenvalue weighted by Crippen LogP contribution is -2.12. The summed E-state index contributed by atoms with van der Waals surface area (Å²) >= 11 is 0.819. The number of hydrogen-bond acceptors (Lipinski definition) is 10. The van der Waals surface area contributed by atoms with E-state index in [0.29, 0.717) is 17.1 Å². The molecule has 0 saturated carbocycles. The molecule has 0 spiro atoms. The van der Waals surface area contributed by atoms with E-state index in [-0.39, 0.29) is 50.3 Å². The molecule has 0 aliphatic carbocycles. The molecule has 0 amide bonds. The highest BCUT2D eigenvalue weighted by Gasteiger charge is 2.21. The zero-order valence-corrected chi connectivity index (χ0v) is 20.6. The van der Waals surface area contributed by atoms with Crippen LogP contribution in [0.25, 0.3) is 22.3 Å². The molecule has 0 radical (unpaired) electrons. The first-order valence-corrected chi connectivity index (χ1v) is 11.3. The molecule has 35 heavy (non-hydrogen) atoms. The first-order chi connectivity index (χ1) is 16.9. The zero-order valence-electron chi connectivity index (χ0n) is 19.8. The molecule has 10 heteroatoms. The summed E-state index contributed by atoms with van der Waals surface area (Å²) in [6.45, 7) is 1.71. The van der Waals surface area contributed by atoms with Crippen molar-refractivity contribution in [2.24, 2.45) is 0 Å². The predicted molar refractivity (Wildman–Crippen MR) is 132 cm³/mol. The van der Waals surface area contributed by atoms with Gasteiger partial charge in [0.15, 0.2) is 28.3 Å². The van der Waals surface area contributed by atoms with E-state index in [1.165, 1.54) is 52.7 Å². The van der Waals surface area contributed by atoms with Gasteiger partial charge < -0.3 is 28.1 Å².